The molecule has 0 aromatic heterocycles. The highest BCUT2D eigenvalue weighted by Crippen LogP contribution is 2.20. The maximum Gasteiger partial charge on any atom is 0.318 e. The number of fused-ring (bicyclic) bond motifs is 1. The first-order valence-electron chi connectivity index (χ1n) is 10.4. The number of carbonyl (C=O) groups excluding carboxylic acids is 2. The average Bonchev–Trinajstić information content (AvgIpc) is 2.91. The second-order valence-electron chi connectivity index (χ2n) is 7.83. The molecule has 2 heterocycles. The van der Waals surface area contributed by atoms with Crippen LogP contribution in [0.15, 0.2) is 48.5 Å². The fraction of sp³-hybridized carbons (Fsp3) is 0.391. The van der Waals surface area contributed by atoms with Crippen LogP contribution in [0.1, 0.15) is 36.0 Å². The Hall–Kier alpha value is -2.86. The molecule has 1 fully saturated rings. The SMILES string of the molecule is O=C1CN(C(=O)NCc2ccccc2CN2CCCCC2)Cc2ccccc2N1. The van der Waals surface area contributed by atoms with E-state index in [1.54, 1.807) is 4.90 Å². The van der Waals surface area contributed by atoms with Gasteiger partial charge >= 0.3 is 6.03 Å². The Balaban J connectivity index is 1.40. The van der Waals surface area contributed by atoms with E-state index in [1.165, 1.54) is 24.8 Å². The van der Waals surface area contributed by atoms with Crippen LogP contribution in [0.3, 0.4) is 0 Å². The van der Waals surface area contributed by atoms with E-state index in [0.29, 0.717) is 13.1 Å². The van der Waals surface area contributed by atoms with Gasteiger partial charge in [0.25, 0.3) is 0 Å². The third kappa shape index (κ3) is 4.95. The monoisotopic (exact) mass is 392 g/mol. The van der Waals surface area contributed by atoms with Crippen molar-refractivity contribution in [3.63, 3.8) is 0 Å². The van der Waals surface area contributed by atoms with Crippen LogP contribution in [0, 0.1) is 0 Å². The van der Waals surface area contributed by atoms with Gasteiger partial charge in [0.1, 0.15) is 6.54 Å². The molecule has 2 aliphatic rings. The molecule has 2 aliphatic heterocycles. The lowest BCUT2D eigenvalue weighted by atomic mass is 10.0. The van der Waals surface area contributed by atoms with Gasteiger partial charge in [0.05, 0.1) is 6.54 Å². The zero-order valence-corrected chi connectivity index (χ0v) is 16.7. The van der Waals surface area contributed by atoms with Crippen LogP contribution in [-0.2, 0) is 24.4 Å². The number of anilines is 1. The number of carbonyl (C=O) groups is 2. The number of urea groups is 1. The number of hydrogen-bond donors (Lipinski definition) is 2. The van der Waals surface area contributed by atoms with Crippen molar-refractivity contribution in [3.8, 4) is 0 Å². The van der Waals surface area contributed by atoms with E-state index in [1.807, 2.05) is 30.3 Å². The fourth-order valence-electron chi connectivity index (χ4n) is 4.07. The third-order valence-corrected chi connectivity index (χ3v) is 5.67. The van der Waals surface area contributed by atoms with E-state index in [4.69, 9.17) is 0 Å². The largest absolute Gasteiger partial charge is 0.334 e. The van der Waals surface area contributed by atoms with Gasteiger partial charge in [-0.3, -0.25) is 9.69 Å². The van der Waals surface area contributed by atoms with Crippen molar-refractivity contribution in [2.75, 3.05) is 25.0 Å². The van der Waals surface area contributed by atoms with Crippen LogP contribution in [-0.4, -0.2) is 41.4 Å². The summed E-state index contributed by atoms with van der Waals surface area (Å²) >= 11 is 0. The zero-order chi connectivity index (χ0) is 20.1. The standard InChI is InChI=1S/C23H28N4O2/c28-22-17-27(16-20-10-4-5-11-21(20)25-22)23(29)24-14-18-8-2-3-9-19(18)15-26-12-6-1-7-13-26/h2-5,8-11H,1,6-7,12-17H2,(H,24,29)(H,25,28). The van der Waals surface area contributed by atoms with Gasteiger partial charge in [-0.05, 0) is 48.7 Å². The van der Waals surface area contributed by atoms with Crippen molar-refractivity contribution in [3.05, 3.63) is 65.2 Å². The summed E-state index contributed by atoms with van der Waals surface area (Å²) in [4.78, 5) is 29.0. The van der Waals surface area contributed by atoms with Gasteiger partial charge in [0.2, 0.25) is 5.91 Å². The van der Waals surface area contributed by atoms with Gasteiger partial charge in [-0.2, -0.15) is 0 Å². The minimum Gasteiger partial charge on any atom is -0.334 e. The van der Waals surface area contributed by atoms with Crippen LogP contribution < -0.4 is 10.6 Å². The second-order valence-corrected chi connectivity index (χ2v) is 7.83. The summed E-state index contributed by atoms with van der Waals surface area (Å²) in [5.41, 5.74) is 4.11. The molecule has 0 unspecified atom stereocenters. The summed E-state index contributed by atoms with van der Waals surface area (Å²) in [6.07, 6.45) is 3.84. The van der Waals surface area contributed by atoms with Crippen molar-refractivity contribution in [2.24, 2.45) is 0 Å². The number of rotatable bonds is 4. The van der Waals surface area contributed by atoms with Gasteiger partial charge in [-0.1, -0.05) is 48.9 Å². The Kier molecular flexibility index (Phi) is 6.10. The number of amides is 3. The maximum atomic E-state index is 12.8. The quantitative estimate of drug-likeness (QED) is 0.839. The van der Waals surface area contributed by atoms with Crippen LogP contribution in [0.2, 0.25) is 0 Å². The minimum atomic E-state index is -0.218. The Morgan fingerprint density at radius 3 is 2.48 bits per heavy atom. The molecule has 6 nitrogen and oxygen atoms in total. The van der Waals surface area contributed by atoms with Crippen molar-refractivity contribution in [1.82, 2.24) is 15.1 Å². The highest BCUT2D eigenvalue weighted by Gasteiger charge is 2.23. The Morgan fingerprint density at radius 1 is 0.931 bits per heavy atom. The molecule has 2 aromatic rings. The number of nitrogens with zero attached hydrogens (tertiary/aromatic N) is 2. The number of piperidine rings is 1. The van der Waals surface area contributed by atoms with Gasteiger partial charge in [0.15, 0.2) is 0 Å². The first-order valence-corrected chi connectivity index (χ1v) is 10.4. The first-order chi connectivity index (χ1) is 14.2. The molecule has 0 atom stereocenters. The van der Waals surface area contributed by atoms with E-state index >= 15 is 0 Å². The first kappa shape index (κ1) is 19.5. The molecule has 2 aromatic carbocycles. The van der Waals surface area contributed by atoms with Crippen molar-refractivity contribution in [2.45, 2.75) is 38.9 Å². The van der Waals surface area contributed by atoms with E-state index in [2.05, 4.69) is 33.7 Å². The van der Waals surface area contributed by atoms with E-state index < -0.39 is 0 Å². The minimum absolute atomic E-state index is 0.0515. The number of hydrogen-bond acceptors (Lipinski definition) is 3. The molecule has 0 saturated carbocycles. The second kappa shape index (κ2) is 9.09. The summed E-state index contributed by atoms with van der Waals surface area (Å²) in [5, 5.41) is 5.88. The van der Waals surface area contributed by atoms with E-state index in [0.717, 1.165) is 36.4 Å². The van der Waals surface area contributed by atoms with Gasteiger partial charge in [0, 0.05) is 18.8 Å². The van der Waals surface area contributed by atoms with Crippen LogP contribution >= 0.6 is 0 Å². The molecular weight excluding hydrogens is 364 g/mol. The molecule has 4 rings (SSSR count). The summed E-state index contributed by atoms with van der Waals surface area (Å²) in [6, 6.07) is 15.7. The number of likely N-dealkylation sites (tertiary alicyclic amines) is 1. The molecular formula is C23H28N4O2. The molecule has 0 aliphatic carbocycles. The molecule has 152 valence electrons. The molecule has 6 heteroatoms. The molecule has 0 bridgehead atoms. The fourth-order valence-corrected chi connectivity index (χ4v) is 4.07. The highest BCUT2D eigenvalue weighted by molar-refractivity contribution is 5.96. The lowest BCUT2D eigenvalue weighted by Crippen LogP contribution is -2.42. The third-order valence-electron chi connectivity index (χ3n) is 5.67. The lowest BCUT2D eigenvalue weighted by Gasteiger charge is -2.27. The van der Waals surface area contributed by atoms with Crippen molar-refractivity contribution >= 4 is 17.6 Å². The van der Waals surface area contributed by atoms with Gasteiger partial charge in [-0.25, -0.2) is 4.79 Å². The summed E-state index contributed by atoms with van der Waals surface area (Å²) in [6.45, 7) is 4.13. The van der Waals surface area contributed by atoms with E-state index in [9.17, 15) is 9.59 Å². The molecule has 1 saturated heterocycles. The van der Waals surface area contributed by atoms with Crippen molar-refractivity contribution < 1.29 is 9.59 Å². The zero-order valence-electron chi connectivity index (χ0n) is 16.7. The van der Waals surface area contributed by atoms with Gasteiger partial charge < -0.3 is 15.5 Å². The number of benzene rings is 2. The topological polar surface area (TPSA) is 64.7 Å². The Morgan fingerprint density at radius 2 is 1.66 bits per heavy atom. The summed E-state index contributed by atoms with van der Waals surface area (Å²) in [5.74, 6) is -0.171. The smallest absolute Gasteiger partial charge is 0.318 e. The highest BCUT2D eigenvalue weighted by atomic mass is 16.2. The lowest BCUT2D eigenvalue weighted by molar-refractivity contribution is -0.116. The predicted molar refractivity (Wildman–Crippen MR) is 113 cm³/mol. The summed E-state index contributed by atoms with van der Waals surface area (Å²) < 4.78 is 0. The molecule has 3 amide bonds. The maximum absolute atomic E-state index is 12.8. The number of para-hydroxylation sites is 1. The van der Waals surface area contributed by atoms with Gasteiger partial charge in [-0.15, -0.1) is 0 Å². The Bertz CT molecular complexity index is 877. The normalized spacial score (nSPS) is 17.2. The van der Waals surface area contributed by atoms with Crippen LogP contribution in [0.5, 0.6) is 0 Å². The number of nitrogens with one attached hydrogen (secondary N) is 2. The van der Waals surface area contributed by atoms with Crippen molar-refractivity contribution in [1.29, 1.82) is 0 Å². The predicted octanol–water partition coefficient (Wildman–Crippen LogP) is 3.34. The molecule has 29 heavy (non-hydrogen) atoms. The molecule has 2 N–H and O–H groups in total. The summed E-state index contributed by atoms with van der Waals surface area (Å²) in [7, 11) is 0. The Labute approximate surface area is 171 Å². The molecule has 0 radical (unpaired) electrons. The van der Waals surface area contributed by atoms with Crippen LogP contribution in [0.4, 0.5) is 10.5 Å². The molecule has 0 spiro atoms. The van der Waals surface area contributed by atoms with E-state index in [-0.39, 0.29) is 18.5 Å². The van der Waals surface area contributed by atoms with Crippen LogP contribution in [0.25, 0.3) is 0 Å². The average molecular weight is 393 g/mol.